The quantitative estimate of drug-likeness (QED) is 0.615. The fourth-order valence-corrected chi connectivity index (χ4v) is 3.47. The van der Waals surface area contributed by atoms with Gasteiger partial charge in [-0.3, -0.25) is 10.6 Å². The third-order valence-electron chi connectivity index (χ3n) is 4.61. The fraction of sp³-hybridized carbons (Fsp3) is 0.733. The van der Waals surface area contributed by atoms with Crippen LogP contribution < -0.4 is 15.4 Å². The first-order chi connectivity index (χ1) is 10.2. The normalized spacial score (nSPS) is 20.6. The Morgan fingerprint density at radius 2 is 1.73 bits per heavy atom. The largest absolute Gasteiger partial charge is 0.505 e. The van der Waals surface area contributed by atoms with Crippen LogP contribution in [0.4, 0.5) is 0 Å². The van der Waals surface area contributed by atoms with Gasteiger partial charge in [0.05, 0.1) is 11.2 Å². The molecule has 0 unspecified atom stereocenters. The van der Waals surface area contributed by atoms with Crippen molar-refractivity contribution in [3.8, 4) is 0 Å². The lowest BCUT2D eigenvalue weighted by Crippen LogP contribution is -2.56. The molecule has 1 aliphatic heterocycles. The minimum absolute atomic E-state index is 0.355. The van der Waals surface area contributed by atoms with Gasteiger partial charge in [0, 0.05) is 16.9 Å². The van der Waals surface area contributed by atoms with Crippen LogP contribution >= 0.6 is 11.3 Å². The van der Waals surface area contributed by atoms with Crippen molar-refractivity contribution < 1.29 is 14.0 Å². The summed E-state index contributed by atoms with van der Waals surface area (Å²) in [6, 6.07) is 2.05. The molecule has 2 rings (SSSR count). The summed E-state index contributed by atoms with van der Waals surface area (Å²) >= 11 is 1.62. The van der Waals surface area contributed by atoms with Gasteiger partial charge >= 0.3 is 7.12 Å². The smallest absolute Gasteiger partial charge is 0.399 e. The van der Waals surface area contributed by atoms with Crippen molar-refractivity contribution in [3.05, 3.63) is 17.0 Å². The third kappa shape index (κ3) is 2.86. The third-order valence-corrected chi connectivity index (χ3v) is 5.55. The second kappa shape index (κ2) is 6.22. The van der Waals surface area contributed by atoms with Gasteiger partial charge in [0.25, 0.3) is 0 Å². The van der Waals surface area contributed by atoms with Gasteiger partial charge in [-0.05, 0) is 60.2 Å². The zero-order chi connectivity index (χ0) is 16.6. The van der Waals surface area contributed by atoms with E-state index < -0.39 is 5.85 Å². The van der Waals surface area contributed by atoms with Gasteiger partial charge in [0.2, 0.25) is 5.85 Å². The Bertz CT molecular complexity index is 499. The van der Waals surface area contributed by atoms with E-state index in [1.807, 2.05) is 32.5 Å². The molecular formula is C15H27BN2O3S. The van der Waals surface area contributed by atoms with Gasteiger partial charge < -0.3 is 14.0 Å². The van der Waals surface area contributed by atoms with E-state index in [0.29, 0.717) is 6.61 Å². The Kier molecular flexibility index (Phi) is 5.07. The van der Waals surface area contributed by atoms with Crippen LogP contribution in [0.1, 0.15) is 40.2 Å². The van der Waals surface area contributed by atoms with E-state index in [2.05, 4.69) is 38.3 Å². The minimum Gasteiger partial charge on any atom is -0.399 e. The molecule has 1 aromatic rings. The molecule has 5 nitrogen and oxygen atoms in total. The molecule has 1 aromatic heterocycles. The molecule has 0 bridgehead atoms. The van der Waals surface area contributed by atoms with Gasteiger partial charge in [-0.1, -0.05) is 0 Å². The SMILES string of the molecule is CCOC(NC)(NC)c1ccsc1B1OC(C)(C)C(C)(C)O1. The molecule has 0 atom stereocenters. The lowest BCUT2D eigenvalue weighted by molar-refractivity contribution is -0.0870. The van der Waals surface area contributed by atoms with Crippen LogP contribution in [0.15, 0.2) is 11.4 Å². The highest BCUT2D eigenvalue weighted by molar-refractivity contribution is 7.21. The Hall–Kier alpha value is -0.435. The monoisotopic (exact) mass is 326 g/mol. The molecule has 2 heterocycles. The Morgan fingerprint density at radius 3 is 2.18 bits per heavy atom. The van der Waals surface area contributed by atoms with Crippen molar-refractivity contribution in [2.45, 2.75) is 51.7 Å². The van der Waals surface area contributed by atoms with Crippen molar-refractivity contribution in [1.29, 1.82) is 0 Å². The van der Waals surface area contributed by atoms with E-state index in [1.165, 1.54) is 0 Å². The average Bonchev–Trinajstić information content (AvgIpc) is 3.00. The van der Waals surface area contributed by atoms with Crippen molar-refractivity contribution >= 4 is 23.2 Å². The molecule has 0 amide bonds. The number of rotatable bonds is 6. The number of hydrogen-bond acceptors (Lipinski definition) is 6. The van der Waals surface area contributed by atoms with Crippen molar-refractivity contribution in [3.63, 3.8) is 0 Å². The van der Waals surface area contributed by atoms with Crippen molar-refractivity contribution in [1.82, 2.24) is 10.6 Å². The Labute approximate surface area is 137 Å². The van der Waals surface area contributed by atoms with E-state index in [0.717, 1.165) is 10.3 Å². The first-order valence-corrected chi connectivity index (χ1v) is 8.56. The zero-order valence-corrected chi connectivity index (χ0v) is 15.4. The summed E-state index contributed by atoms with van der Waals surface area (Å²) in [4.78, 5) is 0. The summed E-state index contributed by atoms with van der Waals surface area (Å²) in [7, 11) is 3.36. The van der Waals surface area contributed by atoms with Gasteiger partial charge in [-0.15, -0.1) is 0 Å². The summed E-state index contributed by atoms with van der Waals surface area (Å²) in [6.07, 6.45) is 0. The highest BCUT2D eigenvalue weighted by atomic mass is 32.1. The maximum Gasteiger partial charge on any atom is 0.505 e. The second-order valence-electron chi connectivity index (χ2n) is 6.40. The van der Waals surface area contributed by atoms with E-state index in [9.17, 15) is 0 Å². The van der Waals surface area contributed by atoms with Gasteiger partial charge in [-0.25, -0.2) is 0 Å². The molecule has 0 radical (unpaired) electrons. The Balaban J connectivity index is 2.38. The predicted molar refractivity (Wildman–Crippen MR) is 91.5 cm³/mol. The van der Waals surface area contributed by atoms with Crippen molar-refractivity contribution in [2.75, 3.05) is 20.7 Å². The molecule has 0 aromatic carbocycles. The lowest BCUT2D eigenvalue weighted by atomic mass is 9.83. The first-order valence-electron chi connectivity index (χ1n) is 7.68. The fourth-order valence-electron chi connectivity index (χ4n) is 2.58. The molecule has 1 aliphatic rings. The molecule has 7 heteroatoms. The zero-order valence-electron chi connectivity index (χ0n) is 14.6. The van der Waals surface area contributed by atoms with Crippen LogP contribution in [0, 0.1) is 0 Å². The molecule has 0 aliphatic carbocycles. The highest BCUT2D eigenvalue weighted by Gasteiger charge is 2.53. The standard InChI is InChI=1S/C15H27BN2O3S/c1-8-19-15(17-6,18-7)11-9-10-22-12(11)16-20-13(2,3)14(4,5)21-16/h9-10,17-18H,8H2,1-7H3. The molecule has 1 fully saturated rings. The molecule has 0 saturated carbocycles. The van der Waals surface area contributed by atoms with E-state index in [-0.39, 0.29) is 18.3 Å². The van der Waals surface area contributed by atoms with E-state index >= 15 is 0 Å². The minimum atomic E-state index is -0.742. The second-order valence-corrected chi connectivity index (χ2v) is 7.35. The van der Waals surface area contributed by atoms with Gasteiger partial charge in [0.1, 0.15) is 0 Å². The molecule has 22 heavy (non-hydrogen) atoms. The number of nitrogens with one attached hydrogen (secondary N) is 2. The average molecular weight is 326 g/mol. The number of hydrogen-bond donors (Lipinski definition) is 2. The highest BCUT2D eigenvalue weighted by Crippen LogP contribution is 2.37. The molecule has 124 valence electrons. The van der Waals surface area contributed by atoms with Crippen LogP contribution in [-0.2, 0) is 19.9 Å². The summed E-state index contributed by atoms with van der Waals surface area (Å²) < 4.78 is 19.4. The maximum atomic E-state index is 6.19. The summed E-state index contributed by atoms with van der Waals surface area (Å²) in [5.41, 5.74) is 0.293. The predicted octanol–water partition coefficient (Wildman–Crippen LogP) is 1.63. The first kappa shape index (κ1) is 17.9. The number of ether oxygens (including phenoxy) is 1. The van der Waals surface area contributed by atoms with Gasteiger partial charge in [0.15, 0.2) is 0 Å². The van der Waals surface area contributed by atoms with E-state index in [1.54, 1.807) is 11.3 Å². The van der Waals surface area contributed by atoms with Crippen molar-refractivity contribution in [2.24, 2.45) is 0 Å². The van der Waals surface area contributed by atoms with Gasteiger partial charge in [-0.2, -0.15) is 11.3 Å². The Morgan fingerprint density at radius 1 is 1.18 bits per heavy atom. The van der Waals surface area contributed by atoms with Crippen LogP contribution in [0.3, 0.4) is 0 Å². The van der Waals surface area contributed by atoms with Crippen LogP contribution in [0.25, 0.3) is 0 Å². The molecule has 1 saturated heterocycles. The molecule has 0 spiro atoms. The van der Waals surface area contributed by atoms with E-state index in [4.69, 9.17) is 14.0 Å². The molecular weight excluding hydrogens is 299 g/mol. The van der Waals surface area contributed by atoms with Crippen LogP contribution in [0.5, 0.6) is 0 Å². The lowest BCUT2D eigenvalue weighted by Gasteiger charge is -2.33. The maximum absolute atomic E-state index is 6.19. The number of thiophene rings is 1. The van der Waals surface area contributed by atoms with Crippen LogP contribution in [0.2, 0.25) is 0 Å². The summed E-state index contributed by atoms with van der Waals surface area (Å²) in [5, 5.41) is 8.51. The topological polar surface area (TPSA) is 51.8 Å². The van der Waals surface area contributed by atoms with Crippen LogP contribution in [-0.4, -0.2) is 39.0 Å². The summed E-state index contributed by atoms with van der Waals surface area (Å²) in [6.45, 7) is 10.8. The molecule has 2 N–H and O–H groups in total. The summed E-state index contributed by atoms with van der Waals surface area (Å²) in [5.74, 6) is -0.742.